The molecule has 0 radical (unpaired) electrons. The normalized spacial score (nSPS) is 13.8. The second kappa shape index (κ2) is 11.6. The molecule has 1 fully saturated rings. The Labute approximate surface area is 194 Å². The number of amides is 4. The summed E-state index contributed by atoms with van der Waals surface area (Å²) >= 11 is 0. The highest BCUT2D eigenvalue weighted by molar-refractivity contribution is 5.89. The van der Waals surface area contributed by atoms with Crippen molar-refractivity contribution in [2.45, 2.75) is 40.2 Å². The van der Waals surface area contributed by atoms with Crippen LogP contribution in [0.25, 0.3) is 11.3 Å². The van der Waals surface area contributed by atoms with E-state index in [0.29, 0.717) is 56.0 Å². The minimum Gasteiger partial charge on any atom is -0.325 e. The molecule has 0 spiro atoms. The molecule has 0 saturated carbocycles. The van der Waals surface area contributed by atoms with Crippen molar-refractivity contribution in [3.63, 3.8) is 0 Å². The lowest BCUT2D eigenvalue weighted by atomic mass is 10.0. The zero-order valence-electron chi connectivity index (χ0n) is 18.6. The molecule has 0 unspecified atom stereocenters. The lowest BCUT2D eigenvalue weighted by Crippen LogP contribution is -2.51. The molecule has 0 bridgehead atoms. The number of pyridine rings is 1. The number of likely N-dealkylation sites (tertiary alicyclic amines) is 1. The van der Waals surface area contributed by atoms with Crippen LogP contribution in [0.4, 0.5) is 24.1 Å². The Morgan fingerprint density at radius 1 is 1.09 bits per heavy atom. The van der Waals surface area contributed by atoms with Gasteiger partial charge in [-0.2, -0.15) is 0 Å². The van der Waals surface area contributed by atoms with E-state index in [1.165, 1.54) is 18.3 Å². The summed E-state index contributed by atoms with van der Waals surface area (Å²) in [4.78, 5) is 34.6. The number of carbonyl (C=O) groups is 2. The molecule has 1 saturated heterocycles. The van der Waals surface area contributed by atoms with Crippen molar-refractivity contribution in [2.75, 3.05) is 38.5 Å². The van der Waals surface area contributed by atoms with Crippen LogP contribution in [0, 0.1) is 11.6 Å². The second-order valence-corrected chi connectivity index (χ2v) is 7.80. The molecule has 9 heteroatoms. The molecule has 3 rings (SSSR count). The van der Waals surface area contributed by atoms with Crippen LogP contribution in [0.2, 0.25) is 0 Å². The van der Waals surface area contributed by atoms with E-state index < -0.39 is 11.6 Å². The lowest BCUT2D eigenvalue weighted by Gasteiger charge is -2.38. The van der Waals surface area contributed by atoms with Gasteiger partial charge in [-0.3, -0.25) is 4.98 Å². The number of anilines is 1. The average molecular weight is 462 g/mol. The van der Waals surface area contributed by atoms with Crippen LogP contribution in [-0.2, 0) is 0 Å². The Morgan fingerprint density at radius 3 is 2.21 bits per heavy atom. The summed E-state index contributed by atoms with van der Waals surface area (Å²) < 4.78 is 26.8. The van der Waals surface area contributed by atoms with Crippen LogP contribution >= 0.6 is 0 Å². The van der Waals surface area contributed by atoms with Crippen LogP contribution in [0.5, 0.6) is 0 Å². The molecule has 1 N–H and O–H groups in total. The first-order valence-electron chi connectivity index (χ1n) is 10.8. The fourth-order valence-electron chi connectivity index (χ4n) is 3.86. The molecular formula is C24H33F2N5O2. The van der Waals surface area contributed by atoms with E-state index in [1.54, 1.807) is 29.0 Å². The fraction of sp³-hybridized carbons (Fsp3) is 0.458. The third-order valence-corrected chi connectivity index (χ3v) is 5.81. The van der Waals surface area contributed by atoms with Gasteiger partial charge in [0.1, 0.15) is 11.6 Å². The van der Waals surface area contributed by atoms with Crippen LogP contribution in [0.1, 0.15) is 34.1 Å². The summed E-state index contributed by atoms with van der Waals surface area (Å²) in [6, 6.07) is 6.25. The summed E-state index contributed by atoms with van der Waals surface area (Å²) in [5.74, 6) is -1.35. The topological polar surface area (TPSA) is 68.8 Å². The van der Waals surface area contributed by atoms with Gasteiger partial charge in [-0.15, -0.1) is 0 Å². The highest BCUT2D eigenvalue weighted by Crippen LogP contribution is 2.22. The van der Waals surface area contributed by atoms with Crippen molar-refractivity contribution in [3.05, 3.63) is 48.2 Å². The number of piperidine rings is 1. The van der Waals surface area contributed by atoms with Gasteiger partial charge < -0.3 is 20.0 Å². The summed E-state index contributed by atoms with van der Waals surface area (Å²) in [5, 5.41) is 2.80. The third kappa shape index (κ3) is 6.40. The number of halogens is 2. The molecule has 0 atom stereocenters. The molecule has 1 aromatic carbocycles. The second-order valence-electron chi connectivity index (χ2n) is 7.80. The average Bonchev–Trinajstić information content (AvgIpc) is 2.79. The summed E-state index contributed by atoms with van der Waals surface area (Å²) in [7, 11) is 1.74. The predicted octanol–water partition coefficient (Wildman–Crippen LogP) is 5.05. The SMILES string of the molecule is C.CCN(CC)C(=O)N1CCC(N(C)C(=O)Nc2ccc(-c3cc(F)cc(F)c3)nc2)CC1. The molecule has 33 heavy (non-hydrogen) atoms. The van der Waals surface area contributed by atoms with Gasteiger partial charge in [0.05, 0.1) is 17.6 Å². The number of rotatable bonds is 5. The van der Waals surface area contributed by atoms with E-state index in [9.17, 15) is 18.4 Å². The van der Waals surface area contributed by atoms with Crippen LogP contribution in [-0.4, -0.2) is 71.0 Å². The highest BCUT2D eigenvalue weighted by Gasteiger charge is 2.29. The fourth-order valence-corrected chi connectivity index (χ4v) is 3.86. The molecule has 180 valence electrons. The zero-order valence-corrected chi connectivity index (χ0v) is 18.6. The molecule has 1 aromatic heterocycles. The first kappa shape index (κ1) is 26.0. The lowest BCUT2D eigenvalue weighted by molar-refractivity contribution is 0.123. The number of nitrogens with one attached hydrogen (secondary N) is 1. The quantitative estimate of drug-likeness (QED) is 0.677. The summed E-state index contributed by atoms with van der Waals surface area (Å²) in [6.07, 6.45) is 2.87. The Kier molecular flexibility index (Phi) is 9.13. The van der Waals surface area contributed by atoms with Crippen molar-refractivity contribution in [2.24, 2.45) is 0 Å². The predicted molar refractivity (Wildman–Crippen MR) is 126 cm³/mol. The number of nitrogens with zero attached hydrogens (tertiary/aromatic N) is 4. The van der Waals surface area contributed by atoms with Crippen molar-refractivity contribution in [1.82, 2.24) is 19.7 Å². The van der Waals surface area contributed by atoms with E-state index in [1.807, 2.05) is 18.7 Å². The maximum atomic E-state index is 13.4. The molecule has 2 aromatic rings. The minimum atomic E-state index is -0.675. The molecule has 4 amide bonds. The Morgan fingerprint density at radius 2 is 1.70 bits per heavy atom. The Hall–Kier alpha value is -3.23. The van der Waals surface area contributed by atoms with Crippen LogP contribution < -0.4 is 5.32 Å². The molecular weight excluding hydrogens is 428 g/mol. The molecule has 1 aliphatic rings. The van der Waals surface area contributed by atoms with E-state index >= 15 is 0 Å². The smallest absolute Gasteiger partial charge is 0.321 e. The number of aromatic nitrogens is 1. The molecule has 2 heterocycles. The van der Waals surface area contributed by atoms with Crippen LogP contribution in [0.3, 0.4) is 0 Å². The molecule has 0 aliphatic carbocycles. The highest BCUT2D eigenvalue weighted by atomic mass is 19.1. The molecule has 1 aliphatic heterocycles. The number of hydrogen-bond acceptors (Lipinski definition) is 3. The summed E-state index contributed by atoms with van der Waals surface area (Å²) in [5.41, 5.74) is 1.21. The number of hydrogen-bond donors (Lipinski definition) is 1. The van der Waals surface area contributed by atoms with Gasteiger partial charge >= 0.3 is 12.1 Å². The van der Waals surface area contributed by atoms with Gasteiger partial charge in [-0.25, -0.2) is 18.4 Å². The maximum Gasteiger partial charge on any atom is 0.321 e. The van der Waals surface area contributed by atoms with E-state index in [-0.39, 0.29) is 25.5 Å². The number of carbonyl (C=O) groups excluding carboxylic acids is 2. The third-order valence-electron chi connectivity index (χ3n) is 5.81. The Balaban J connectivity index is 0.00000385. The molecule has 7 nitrogen and oxygen atoms in total. The largest absolute Gasteiger partial charge is 0.325 e. The van der Waals surface area contributed by atoms with Crippen molar-refractivity contribution >= 4 is 17.7 Å². The van der Waals surface area contributed by atoms with Gasteiger partial charge in [0, 0.05) is 50.9 Å². The Bertz CT molecular complexity index is 922. The number of urea groups is 2. The van der Waals surface area contributed by atoms with Gasteiger partial charge in [-0.05, 0) is 51.0 Å². The van der Waals surface area contributed by atoms with Gasteiger partial charge in [0.15, 0.2) is 0 Å². The van der Waals surface area contributed by atoms with Gasteiger partial charge in [-0.1, -0.05) is 7.43 Å². The van der Waals surface area contributed by atoms with E-state index in [0.717, 1.165) is 6.07 Å². The van der Waals surface area contributed by atoms with Crippen molar-refractivity contribution < 1.29 is 18.4 Å². The number of benzene rings is 1. The minimum absolute atomic E-state index is 0. The maximum absolute atomic E-state index is 13.4. The monoisotopic (exact) mass is 461 g/mol. The van der Waals surface area contributed by atoms with Crippen molar-refractivity contribution in [3.8, 4) is 11.3 Å². The van der Waals surface area contributed by atoms with Gasteiger partial charge in [0.25, 0.3) is 0 Å². The summed E-state index contributed by atoms with van der Waals surface area (Å²) in [6.45, 7) is 6.50. The van der Waals surface area contributed by atoms with E-state index in [4.69, 9.17) is 0 Å². The van der Waals surface area contributed by atoms with Gasteiger partial charge in [0.2, 0.25) is 0 Å². The first-order valence-corrected chi connectivity index (χ1v) is 10.8. The standard InChI is InChI=1S/C23H29F2N5O2.CH4/c1-4-29(5-2)23(32)30-10-8-20(9-11-30)28(3)22(31)27-19-6-7-21(26-15-19)16-12-17(24)14-18(25)13-16;/h6-7,12-15,20H,4-5,8-11H2,1-3H3,(H,27,31);1H4. The van der Waals surface area contributed by atoms with E-state index in [2.05, 4.69) is 10.3 Å². The zero-order chi connectivity index (χ0) is 23.3. The first-order chi connectivity index (χ1) is 15.3. The van der Waals surface area contributed by atoms with Crippen LogP contribution in [0.15, 0.2) is 36.5 Å². The van der Waals surface area contributed by atoms with Crippen molar-refractivity contribution in [1.29, 1.82) is 0 Å².